The monoisotopic (exact) mass is 472 g/mol. The lowest BCUT2D eigenvalue weighted by Crippen LogP contribution is -2.22. The number of benzene rings is 3. The summed E-state index contributed by atoms with van der Waals surface area (Å²) in [4.78, 5) is 27.4. The number of hydrogen-bond acceptors (Lipinski definition) is 4. The number of aryl methyl sites for hydroxylation is 1. The third-order valence-corrected chi connectivity index (χ3v) is 5.44. The molecule has 2 amide bonds. The Balaban J connectivity index is 1.77. The first-order chi connectivity index (χ1) is 16.8. The van der Waals surface area contributed by atoms with Crippen LogP contribution >= 0.6 is 0 Å². The molecule has 3 aromatic carbocycles. The van der Waals surface area contributed by atoms with Crippen LogP contribution in [0.5, 0.6) is 5.75 Å². The van der Waals surface area contributed by atoms with Gasteiger partial charge in [0.05, 0.1) is 24.0 Å². The molecule has 35 heavy (non-hydrogen) atoms. The maximum absolute atomic E-state index is 13.5. The van der Waals surface area contributed by atoms with Crippen LogP contribution in [0.3, 0.4) is 0 Å². The topological polar surface area (TPSA) is 76.5 Å². The summed E-state index contributed by atoms with van der Waals surface area (Å²) >= 11 is 0. The predicted octanol–water partition coefficient (Wildman–Crippen LogP) is 4.95. The Morgan fingerprint density at radius 1 is 1.03 bits per heavy atom. The number of nitrogens with zero attached hydrogens (tertiary/aromatic N) is 3. The number of carbonyl (C=O) groups is 2. The van der Waals surface area contributed by atoms with Crippen LogP contribution < -0.4 is 10.1 Å². The molecule has 0 fully saturated rings. The molecule has 0 radical (unpaired) electrons. The summed E-state index contributed by atoms with van der Waals surface area (Å²) in [5.41, 5.74) is 3.93. The van der Waals surface area contributed by atoms with Crippen LogP contribution in [0, 0.1) is 12.7 Å². The molecule has 0 aliphatic heterocycles. The van der Waals surface area contributed by atoms with E-state index in [4.69, 9.17) is 4.74 Å². The van der Waals surface area contributed by atoms with Crippen molar-refractivity contribution in [2.75, 3.05) is 26.5 Å². The van der Waals surface area contributed by atoms with Crippen molar-refractivity contribution in [1.82, 2.24) is 14.7 Å². The summed E-state index contributed by atoms with van der Waals surface area (Å²) in [6.07, 6.45) is 1.60. The standard InChI is InChI=1S/C27H25FN4O3/c1-17-6-5-7-18(14-17)25-22(16-32(30-25)21-11-9-20(28)10-12-21)26(33)29-23-15-19(27(34)31(2)3)8-13-24(23)35-4/h5-16H,1-4H3,(H,29,33). The van der Waals surface area contributed by atoms with Gasteiger partial charge in [-0.2, -0.15) is 5.10 Å². The molecule has 0 atom stereocenters. The predicted molar refractivity (Wildman–Crippen MR) is 133 cm³/mol. The molecule has 0 saturated carbocycles. The number of methoxy groups -OCH3 is 1. The van der Waals surface area contributed by atoms with Gasteiger partial charge in [-0.05, 0) is 55.5 Å². The van der Waals surface area contributed by atoms with E-state index in [1.807, 2.05) is 31.2 Å². The van der Waals surface area contributed by atoms with E-state index in [1.165, 1.54) is 28.8 Å². The molecule has 1 N–H and O–H groups in total. The number of carbonyl (C=O) groups excluding carboxylic acids is 2. The second-order valence-corrected chi connectivity index (χ2v) is 8.25. The lowest BCUT2D eigenvalue weighted by Gasteiger charge is -2.14. The zero-order valence-electron chi connectivity index (χ0n) is 19.9. The smallest absolute Gasteiger partial charge is 0.259 e. The maximum Gasteiger partial charge on any atom is 0.259 e. The number of amides is 2. The van der Waals surface area contributed by atoms with Gasteiger partial charge in [-0.25, -0.2) is 9.07 Å². The van der Waals surface area contributed by atoms with Crippen LogP contribution in [0.25, 0.3) is 16.9 Å². The Bertz CT molecular complexity index is 1390. The Labute approximate surface area is 202 Å². The van der Waals surface area contributed by atoms with Crippen molar-refractivity contribution in [1.29, 1.82) is 0 Å². The minimum atomic E-state index is -0.428. The van der Waals surface area contributed by atoms with Gasteiger partial charge in [0.15, 0.2) is 0 Å². The number of anilines is 1. The van der Waals surface area contributed by atoms with Crippen LogP contribution in [0.1, 0.15) is 26.3 Å². The number of hydrogen-bond donors (Lipinski definition) is 1. The fourth-order valence-electron chi connectivity index (χ4n) is 3.66. The molecule has 1 heterocycles. The van der Waals surface area contributed by atoms with E-state index < -0.39 is 5.91 Å². The molecule has 0 spiro atoms. The van der Waals surface area contributed by atoms with Crippen LogP contribution in [-0.2, 0) is 0 Å². The molecule has 0 bridgehead atoms. The van der Waals surface area contributed by atoms with Crippen molar-refractivity contribution in [2.24, 2.45) is 0 Å². The van der Waals surface area contributed by atoms with Gasteiger partial charge in [-0.1, -0.05) is 23.8 Å². The van der Waals surface area contributed by atoms with E-state index in [0.717, 1.165) is 11.1 Å². The molecule has 1 aromatic heterocycles. The van der Waals surface area contributed by atoms with E-state index in [0.29, 0.717) is 33.9 Å². The van der Waals surface area contributed by atoms with Crippen molar-refractivity contribution in [3.8, 4) is 22.7 Å². The SMILES string of the molecule is COc1ccc(C(=O)N(C)C)cc1NC(=O)c1cn(-c2ccc(F)cc2)nc1-c1cccc(C)c1. The van der Waals surface area contributed by atoms with Gasteiger partial charge in [0.25, 0.3) is 11.8 Å². The second-order valence-electron chi connectivity index (χ2n) is 8.25. The summed E-state index contributed by atoms with van der Waals surface area (Å²) in [5, 5.41) is 7.50. The highest BCUT2D eigenvalue weighted by molar-refractivity contribution is 6.09. The third kappa shape index (κ3) is 5.06. The van der Waals surface area contributed by atoms with Gasteiger partial charge < -0.3 is 15.0 Å². The zero-order valence-corrected chi connectivity index (χ0v) is 19.9. The number of halogens is 1. The molecule has 0 aliphatic carbocycles. The number of nitrogens with one attached hydrogen (secondary N) is 1. The quantitative estimate of drug-likeness (QED) is 0.431. The van der Waals surface area contributed by atoms with Crippen molar-refractivity contribution in [3.05, 3.63) is 95.4 Å². The van der Waals surface area contributed by atoms with E-state index >= 15 is 0 Å². The van der Waals surface area contributed by atoms with Crippen LogP contribution in [0.15, 0.2) is 72.9 Å². The molecule has 7 nitrogen and oxygen atoms in total. The summed E-state index contributed by atoms with van der Waals surface area (Å²) < 4.78 is 20.4. The fourth-order valence-corrected chi connectivity index (χ4v) is 3.66. The fraction of sp³-hybridized carbons (Fsp3) is 0.148. The summed E-state index contributed by atoms with van der Waals surface area (Å²) in [7, 11) is 4.80. The van der Waals surface area contributed by atoms with Crippen LogP contribution in [-0.4, -0.2) is 47.7 Å². The first-order valence-electron chi connectivity index (χ1n) is 10.9. The van der Waals surface area contributed by atoms with Gasteiger partial charge >= 0.3 is 0 Å². The Morgan fingerprint density at radius 2 is 1.77 bits per heavy atom. The first kappa shape index (κ1) is 23.7. The van der Waals surface area contributed by atoms with Gasteiger partial charge in [0.1, 0.15) is 17.3 Å². The van der Waals surface area contributed by atoms with Crippen LogP contribution in [0.2, 0.25) is 0 Å². The average molecular weight is 473 g/mol. The third-order valence-electron chi connectivity index (χ3n) is 5.44. The van der Waals surface area contributed by atoms with Crippen molar-refractivity contribution >= 4 is 17.5 Å². The van der Waals surface area contributed by atoms with Gasteiger partial charge in [0, 0.05) is 31.4 Å². The Morgan fingerprint density at radius 3 is 2.43 bits per heavy atom. The lowest BCUT2D eigenvalue weighted by atomic mass is 10.1. The highest BCUT2D eigenvalue weighted by Gasteiger charge is 2.21. The van der Waals surface area contributed by atoms with Crippen molar-refractivity contribution in [2.45, 2.75) is 6.92 Å². The first-order valence-corrected chi connectivity index (χ1v) is 10.9. The normalized spacial score (nSPS) is 10.7. The lowest BCUT2D eigenvalue weighted by molar-refractivity contribution is 0.0827. The molecule has 0 saturated heterocycles. The van der Waals surface area contributed by atoms with Gasteiger partial charge in [-0.15, -0.1) is 0 Å². The average Bonchev–Trinajstić information content (AvgIpc) is 3.29. The van der Waals surface area contributed by atoms with Crippen molar-refractivity contribution in [3.63, 3.8) is 0 Å². The summed E-state index contributed by atoms with van der Waals surface area (Å²) in [6, 6.07) is 18.4. The highest BCUT2D eigenvalue weighted by Crippen LogP contribution is 2.29. The summed E-state index contributed by atoms with van der Waals surface area (Å²) in [5.74, 6) is -0.580. The zero-order chi connectivity index (χ0) is 25.1. The maximum atomic E-state index is 13.5. The molecule has 178 valence electrons. The minimum Gasteiger partial charge on any atom is -0.495 e. The van der Waals surface area contributed by atoms with Gasteiger partial charge in [-0.3, -0.25) is 9.59 Å². The van der Waals surface area contributed by atoms with Crippen molar-refractivity contribution < 1.29 is 18.7 Å². The summed E-state index contributed by atoms with van der Waals surface area (Å²) in [6.45, 7) is 1.96. The second kappa shape index (κ2) is 9.80. The van der Waals surface area contributed by atoms with E-state index in [2.05, 4.69) is 10.4 Å². The number of ether oxygens (including phenoxy) is 1. The van der Waals surface area contributed by atoms with Crippen LogP contribution in [0.4, 0.5) is 10.1 Å². The minimum absolute atomic E-state index is 0.201. The molecular weight excluding hydrogens is 447 g/mol. The van der Waals surface area contributed by atoms with E-state index in [9.17, 15) is 14.0 Å². The Kier molecular flexibility index (Phi) is 6.64. The molecule has 4 rings (SSSR count). The molecule has 8 heteroatoms. The largest absolute Gasteiger partial charge is 0.495 e. The van der Waals surface area contributed by atoms with E-state index in [-0.39, 0.29) is 11.7 Å². The van der Waals surface area contributed by atoms with E-state index in [1.54, 1.807) is 50.6 Å². The highest BCUT2D eigenvalue weighted by atomic mass is 19.1. The Hall–Kier alpha value is -4.46. The van der Waals surface area contributed by atoms with Gasteiger partial charge in [0.2, 0.25) is 0 Å². The molecule has 4 aromatic rings. The molecular formula is C27H25FN4O3. The number of rotatable bonds is 6. The number of aromatic nitrogens is 2. The molecule has 0 aliphatic rings. The molecule has 0 unspecified atom stereocenters.